The van der Waals surface area contributed by atoms with Crippen molar-refractivity contribution in [2.24, 2.45) is 0 Å². The van der Waals surface area contributed by atoms with Crippen LogP contribution in [0.25, 0.3) is 10.9 Å². The maximum Gasteiger partial charge on any atom is 0.307 e. The summed E-state index contributed by atoms with van der Waals surface area (Å²) in [4.78, 5) is 15.2. The van der Waals surface area contributed by atoms with Crippen LogP contribution in [0.3, 0.4) is 0 Å². The largest absolute Gasteiger partial charge is 0.489 e. The number of esters is 1. The van der Waals surface area contributed by atoms with Gasteiger partial charge in [0.05, 0.1) is 29.6 Å². The number of aromatic amines is 1. The molecule has 0 radical (unpaired) electrons. The van der Waals surface area contributed by atoms with E-state index in [0.717, 1.165) is 40.9 Å². The predicted molar refractivity (Wildman–Crippen MR) is 110 cm³/mol. The Morgan fingerprint density at radius 3 is 2.82 bits per heavy atom. The van der Waals surface area contributed by atoms with E-state index in [4.69, 9.17) is 32.7 Å². The van der Waals surface area contributed by atoms with Gasteiger partial charge in [-0.2, -0.15) is 0 Å². The molecule has 1 atom stereocenters. The zero-order chi connectivity index (χ0) is 19.7. The molecule has 0 bridgehead atoms. The Hall–Kier alpha value is -2.21. The van der Waals surface area contributed by atoms with Crippen molar-refractivity contribution in [3.05, 3.63) is 63.3 Å². The number of carbonyl (C=O) groups excluding carboxylic acids is 1. The van der Waals surface area contributed by atoms with Crippen LogP contribution in [-0.2, 0) is 22.6 Å². The number of halogens is 2. The molecule has 1 unspecified atom stereocenters. The van der Waals surface area contributed by atoms with Crippen LogP contribution in [-0.4, -0.2) is 24.6 Å². The van der Waals surface area contributed by atoms with Crippen molar-refractivity contribution in [2.75, 3.05) is 13.7 Å². The van der Waals surface area contributed by atoms with E-state index in [1.165, 1.54) is 12.7 Å². The first kappa shape index (κ1) is 19.1. The summed E-state index contributed by atoms with van der Waals surface area (Å²) in [6.45, 7) is 1.22. The fourth-order valence-corrected chi connectivity index (χ4v) is 3.92. The third kappa shape index (κ3) is 3.83. The van der Waals surface area contributed by atoms with Crippen molar-refractivity contribution in [1.82, 2.24) is 10.3 Å². The molecule has 5 nitrogen and oxygen atoms in total. The summed E-state index contributed by atoms with van der Waals surface area (Å²) >= 11 is 12.0. The van der Waals surface area contributed by atoms with Gasteiger partial charge in [-0.15, -0.1) is 0 Å². The number of hydrogen-bond acceptors (Lipinski definition) is 4. The number of fused-ring (bicyclic) bond motifs is 3. The van der Waals surface area contributed by atoms with Gasteiger partial charge in [-0.1, -0.05) is 29.3 Å². The molecule has 2 heterocycles. The molecular weight excluding hydrogens is 399 g/mol. The average Bonchev–Trinajstić information content (AvgIpc) is 3.08. The summed E-state index contributed by atoms with van der Waals surface area (Å²) < 4.78 is 10.8. The summed E-state index contributed by atoms with van der Waals surface area (Å²) in [5.74, 6) is 0.554. The Balaban J connectivity index is 1.57. The molecule has 1 aliphatic heterocycles. The molecule has 0 fully saturated rings. The molecule has 1 aliphatic rings. The minimum atomic E-state index is -0.227. The standard InChI is InChI=1S/C21H20Cl2N2O3/c1-27-20(26)10-19-21-14(6-7-24-19)15-9-13(3-5-18(15)25-21)28-11-12-2-4-16(22)17(23)8-12/h2-5,8-9,19,24-25H,6-7,10-11H2,1H3. The van der Waals surface area contributed by atoms with Gasteiger partial charge in [0.15, 0.2) is 0 Å². The van der Waals surface area contributed by atoms with Crippen LogP contribution in [0.5, 0.6) is 5.75 Å². The Morgan fingerprint density at radius 2 is 2.04 bits per heavy atom. The molecule has 1 aromatic heterocycles. The second-order valence-electron chi connectivity index (χ2n) is 6.80. The van der Waals surface area contributed by atoms with Crippen LogP contribution < -0.4 is 10.1 Å². The van der Waals surface area contributed by atoms with Crippen molar-refractivity contribution in [3.63, 3.8) is 0 Å². The summed E-state index contributed by atoms with van der Waals surface area (Å²) in [7, 11) is 1.41. The summed E-state index contributed by atoms with van der Waals surface area (Å²) in [5, 5.41) is 5.55. The van der Waals surface area contributed by atoms with Crippen LogP contribution in [0.2, 0.25) is 10.0 Å². The van der Waals surface area contributed by atoms with Gasteiger partial charge in [0, 0.05) is 16.6 Å². The average molecular weight is 419 g/mol. The van der Waals surface area contributed by atoms with Gasteiger partial charge >= 0.3 is 5.97 Å². The highest BCUT2D eigenvalue weighted by Gasteiger charge is 2.26. The number of hydrogen-bond donors (Lipinski definition) is 2. The number of H-pyrrole nitrogens is 1. The molecule has 7 heteroatoms. The maximum atomic E-state index is 11.7. The van der Waals surface area contributed by atoms with Gasteiger partial charge in [0.2, 0.25) is 0 Å². The molecule has 4 rings (SSSR count). The minimum Gasteiger partial charge on any atom is -0.489 e. The molecule has 28 heavy (non-hydrogen) atoms. The Bertz CT molecular complexity index is 1030. The van der Waals surface area contributed by atoms with Gasteiger partial charge < -0.3 is 19.8 Å². The molecule has 0 saturated heterocycles. The SMILES string of the molecule is COC(=O)CC1NCCc2c1[nH]c1ccc(OCc3ccc(Cl)c(Cl)c3)cc21. The first-order chi connectivity index (χ1) is 13.5. The monoisotopic (exact) mass is 418 g/mol. The van der Waals surface area contributed by atoms with Crippen LogP contribution in [0.1, 0.15) is 29.3 Å². The second kappa shape index (κ2) is 8.03. The molecule has 0 saturated carbocycles. The predicted octanol–water partition coefficient (Wildman–Crippen LogP) is 4.80. The van der Waals surface area contributed by atoms with Crippen LogP contribution >= 0.6 is 23.2 Å². The number of carbonyl (C=O) groups is 1. The molecular formula is C21H20Cl2N2O3. The zero-order valence-corrected chi connectivity index (χ0v) is 16.9. The minimum absolute atomic E-state index is 0.0656. The highest BCUT2D eigenvalue weighted by molar-refractivity contribution is 6.42. The van der Waals surface area contributed by atoms with Gasteiger partial charge in [0.1, 0.15) is 12.4 Å². The highest BCUT2D eigenvalue weighted by Crippen LogP contribution is 2.34. The topological polar surface area (TPSA) is 63.3 Å². The lowest BCUT2D eigenvalue weighted by Gasteiger charge is -2.23. The van der Waals surface area contributed by atoms with E-state index in [9.17, 15) is 4.79 Å². The van der Waals surface area contributed by atoms with E-state index in [0.29, 0.717) is 23.1 Å². The lowest BCUT2D eigenvalue weighted by atomic mass is 9.97. The first-order valence-electron chi connectivity index (χ1n) is 9.06. The smallest absolute Gasteiger partial charge is 0.307 e. The van der Waals surface area contributed by atoms with Gasteiger partial charge in [-0.25, -0.2) is 0 Å². The summed E-state index contributed by atoms with van der Waals surface area (Å²) in [6, 6.07) is 11.4. The fraction of sp³-hybridized carbons (Fsp3) is 0.286. The first-order valence-corrected chi connectivity index (χ1v) is 9.82. The second-order valence-corrected chi connectivity index (χ2v) is 7.61. The van der Waals surface area contributed by atoms with Crippen molar-refractivity contribution in [2.45, 2.75) is 25.5 Å². The van der Waals surface area contributed by atoms with Gasteiger partial charge in [0.25, 0.3) is 0 Å². The van der Waals surface area contributed by atoms with E-state index >= 15 is 0 Å². The number of ether oxygens (including phenoxy) is 2. The third-order valence-electron chi connectivity index (χ3n) is 5.01. The number of methoxy groups -OCH3 is 1. The lowest BCUT2D eigenvalue weighted by Crippen LogP contribution is -2.31. The van der Waals surface area contributed by atoms with E-state index in [1.54, 1.807) is 6.07 Å². The highest BCUT2D eigenvalue weighted by atomic mass is 35.5. The van der Waals surface area contributed by atoms with E-state index in [1.807, 2.05) is 30.3 Å². The quantitative estimate of drug-likeness (QED) is 0.583. The van der Waals surface area contributed by atoms with Crippen LogP contribution in [0.15, 0.2) is 36.4 Å². The molecule has 146 valence electrons. The van der Waals surface area contributed by atoms with Crippen molar-refractivity contribution in [3.8, 4) is 5.75 Å². The van der Waals surface area contributed by atoms with E-state index < -0.39 is 0 Å². The number of rotatable bonds is 5. The zero-order valence-electron chi connectivity index (χ0n) is 15.4. The normalized spacial score (nSPS) is 16.0. The van der Waals surface area contributed by atoms with Crippen molar-refractivity contribution >= 4 is 40.1 Å². The molecule has 0 spiro atoms. The Labute approximate surface area is 172 Å². The van der Waals surface area contributed by atoms with E-state index in [-0.39, 0.29) is 12.0 Å². The Morgan fingerprint density at radius 1 is 1.18 bits per heavy atom. The maximum absolute atomic E-state index is 11.7. The Kier molecular flexibility index (Phi) is 5.49. The van der Waals surface area contributed by atoms with Crippen molar-refractivity contribution in [1.29, 1.82) is 0 Å². The van der Waals surface area contributed by atoms with Gasteiger partial charge in [-0.3, -0.25) is 4.79 Å². The summed E-state index contributed by atoms with van der Waals surface area (Å²) in [6.07, 6.45) is 1.19. The number of aromatic nitrogens is 1. The molecule has 2 aromatic carbocycles. The van der Waals surface area contributed by atoms with Crippen LogP contribution in [0, 0.1) is 0 Å². The lowest BCUT2D eigenvalue weighted by molar-refractivity contribution is -0.141. The third-order valence-corrected chi connectivity index (χ3v) is 5.75. The van der Waals surface area contributed by atoms with Crippen molar-refractivity contribution < 1.29 is 14.3 Å². The van der Waals surface area contributed by atoms with E-state index in [2.05, 4.69) is 10.3 Å². The van der Waals surface area contributed by atoms with Crippen LogP contribution in [0.4, 0.5) is 0 Å². The summed E-state index contributed by atoms with van der Waals surface area (Å²) in [5.41, 5.74) is 4.26. The molecule has 2 N–H and O–H groups in total. The fourth-order valence-electron chi connectivity index (χ4n) is 3.60. The molecule has 0 aliphatic carbocycles. The molecule has 0 amide bonds. The number of benzene rings is 2. The number of nitrogens with one attached hydrogen (secondary N) is 2. The molecule has 3 aromatic rings. The van der Waals surface area contributed by atoms with Gasteiger partial charge in [-0.05, 0) is 54.4 Å².